The molecule has 2 rings (SSSR count). The molecule has 164 valence electrons. The van der Waals surface area contributed by atoms with E-state index in [1.165, 1.54) is 6.21 Å². The lowest BCUT2D eigenvalue weighted by molar-refractivity contribution is -0.139. The maximum absolute atomic E-state index is 12.2. The van der Waals surface area contributed by atoms with Gasteiger partial charge in [0.25, 0.3) is 5.91 Å². The summed E-state index contributed by atoms with van der Waals surface area (Å²) in [6, 6.07) is 12.4. The molecule has 2 aromatic carbocycles. The van der Waals surface area contributed by atoms with Crippen molar-refractivity contribution in [3.05, 3.63) is 58.1 Å². The SMILES string of the molecule is Cc1cc(Br)ccc1NC(=O)COc1ccccc1/C=N\NC(=O)C(=O)NCC(C)C. The van der Waals surface area contributed by atoms with E-state index in [2.05, 4.69) is 37.1 Å². The number of amides is 3. The van der Waals surface area contributed by atoms with E-state index in [4.69, 9.17) is 4.74 Å². The Bertz CT molecular complexity index is 976. The quantitative estimate of drug-likeness (QED) is 0.301. The Hall–Kier alpha value is -3.20. The molecule has 2 aromatic rings. The van der Waals surface area contributed by atoms with Crippen molar-refractivity contribution in [3.8, 4) is 5.75 Å². The van der Waals surface area contributed by atoms with E-state index in [1.807, 2.05) is 32.9 Å². The van der Waals surface area contributed by atoms with Crippen molar-refractivity contribution in [2.45, 2.75) is 20.8 Å². The molecule has 0 radical (unpaired) electrons. The average Bonchev–Trinajstić information content (AvgIpc) is 2.73. The zero-order valence-electron chi connectivity index (χ0n) is 17.6. The van der Waals surface area contributed by atoms with Crippen molar-refractivity contribution in [1.29, 1.82) is 0 Å². The number of anilines is 1. The normalized spacial score (nSPS) is 10.7. The minimum absolute atomic E-state index is 0.204. The van der Waals surface area contributed by atoms with Gasteiger partial charge in [0, 0.05) is 22.3 Å². The molecule has 0 aliphatic heterocycles. The number of hydrogen-bond donors (Lipinski definition) is 3. The fraction of sp³-hybridized carbons (Fsp3) is 0.273. The molecule has 0 aliphatic rings. The second-order valence-corrected chi connectivity index (χ2v) is 8.05. The van der Waals surface area contributed by atoms with Gasteiger partial charge in [-0.25, -0.2) is 5.43 Å². The Morgan fingerprint density at radius 3 is 2.58 bits per heavy atom. The first-order valence-corrected chi connectivity index (χ1v) is 10.4. The third-order valence-electron chi connectivity index (χ3n) is 3.99. The maximum Gasteiger partial charge on any atom is 0.329 e. The Balaban J connectivity index is 1.91. The second kappa shape index (κ2) is 11.8. The number of carbonyl (C=O) groups excluding carboxylic acids is 3. The van der Waals surface area contributed by atoms with Crippen molar-refractivity contribution in [2.75, 3.05) is 18.5 Å². The minimum atomic E-state index is -0.862. The summed E-state index contributed by atoms with van der Waals surface area (Å²) in [4.78, 5) is 35.6. The van der Waals surface area contributed by atoms with Crippen LogP contribution in [-0.4, -0.2) is 37.1 Å². The summed E-state index contributed by atoms with van der Waals surface area (Å²) in [5.41, 5.74) is 4.33. The lowest BCUT2D eigenvalue weighted by atomic mass is 10.2. The zero-order chi connectivity index (χ0) is 22.8. The van der Waals surface area contributed by atoms with Crippen molar-refractivity contribution in [3.63, 3.8) is 0 Å². The summed E-state index contributed by atoms with van der Waals surface area (Å²) >= 11 is 3.38. The molecule has 0 spiro atoms. The van der Waals surface area contributed by atoms with Crippen molar-refractivity contribution in [2.24, 2.45) is 11.0 Å². The maximum atomic E-state index is 12.2. The van der Waals surface area contributed by atoms with Crippen LogP contribution in [0.25, 0.3) is 0 Å². The molecule has 0 bridgehead atoms. The Labute approximate surface area is 189 Å². The standard InChI is InChI=1S/C22H25BrN4O4/c1-14(2)11-24-21(29)22(30)27-25-12-16-6-4-5-7-19(16)31-13-20(28)26-18-9-8-17(23)10-15(18)3/h4-10,12,14H,11,13H2,1-3H3,(H,24,29)(H,26,28)(H,27,30)/b25-12-. The predicted molar refractivity (Wildman–Crippen MR) is 123 cm³/mol. The van der Waals surface area contributed by atoms with Gasteiger partial charge in [-0.3, -0.25) is 14.4 Å². The lowest BCUT2D eigenvalue weighted by Gasteiger charge is -2.11. The highest BCUT2D eigenvalue weighted by Crippen LogP contribution is 2.20. The van der Waals surface area contributed by atoms with Gasteiger partial charge in [-0.1, -0.05) is 41.9 Å². The first kappa shape index (κ1) is 24.1. The number of nitrogens with one attached hydrogen (secondary N) is 3. The van der Waals surface area contributed by atoms with Gasteiger partial charge >= 0.3 is 11.8 Å². The highest BCUT2D eigenvalue weighted by atomic mass is 79.9. The molecule has 0 saturated carbocycles. The van der Waals surface area contributed by atoms with Gasteiger partial charge in [0.2, 0.25) is 0 Å². The Morgan fingerprint density at radius 2 is 1.87 bits per heavy atom. The summed E-state index contributed by atoms with van der Waals surface area (Å²) in [7, 11) is 0. The van der Waals surface area contributed by atoms with E-state index in [-0.39, 0.29) is 18.4 Å². The monoisotopic (exact) mass is 488 g/mol. The molecule has 8 nitrogen and oxygen atoms in total. The van der Waals surface area contributed by atoms with E-state index in [0.29, 0.717) is 23.5 Å². The zero-order valence-corrected chi connectivity index (χ0v) is 19.2. The molecular weight excluding hydrogens is 464 g/mol. The number of benzene rings is 2. The first-order valence-electron chi connectivity index (χ1n) is 9.65. The number of halogens is 1. The smallest absolute Gasteiger partial charge is 0.329 e. The minimum Gasteiger partial charge on any atom is -0.483 e. The molecule has 0 atom stereocenters. The molecule has 0 fully saturated rings. The Kier molecular flexibility index (Phi) is 9.20. The number of hydrogen-bond acceptors (Lipinski definition) is 5. The van der Waals surface area contributed by atoms with Gasteiger partial charge in [0.05, 0.1) is 6.21 Å². The summed E-state index contributed by atoms with van der Waals surface area (Å²) in [6.45, 7) is 5.93. The number of carbonyl (C=O) groups is 3. The van der Waals surface area contributed by atoms with Crippen LogP contribution in [-0.2, 0) is 14.4 Å². The molecule has 0 aromatic heterocycles. The summed E-state index contributed by atoms with van der Waals surface area (Å²) in [5.74, 6) is -1.29. The van der Waals surface area contributed by atoms with Gasteiger partial charge in [0.15, 0.2) is 6.61 Å². The molecule has 3 amide bonds. The van der Waals surface area contributed by atoms with Crippen LogP contribution in [0, 0.1) is 12.8 Å². The average molecular weight is 489 g/mol. The van der Waals surface area contributed by atoms with E-state index in [9.17, 15) is 14.4 Å². The van der Waals surface area contributed by atoms with E-state index >= 15 is 0 Å². The van der Waals surface area contributed by atoms with Gasteiger partial charge in [-0.05, 0) is 48.7 Å². The van der Waals surface area contributed by atoms with Crippen LogP contribution < -0.4 is 20.8 Å². The summed E-state index contributed by atoms with van der Waals surface area (Å²) in [6.07, 6.45) is 1.35. The number of para-hydroxylation sites is 1. The van der Waals surface area contributed by atoms with Crippen LogP contribution in [0.15, 0.2) is 52.0 Å². The molecule has 0 aliphatic carbocycles. The van der Waals surface area contributed by atoms with Crippen molar-refractivity contribution >= 4 is 45.6 Å². The third kappa shape index (κ3) is 8.21. The summed E-state index contributed by atoms with van der Waals surface area (Å²) in [5, 5.41) is 9.10. The fourth-order valence-electron chi connectivity index (χ4n) is 2.40. The van der Waals surface area contributed by atoms with Gasteiger partial charge in [0.1, 0.15) is 5.75 Å². The second-order valence-electron chi connectivity index (χ2n) is 7.14. The largest absolute Gasteiger partial charge is 0.483 e. The highest BCUT2D eigenvalue weighted by molar-refractivity contribution is 9.10. The van der Waals surface area contributed by atoms with Crippen LogP contribution in [0.3, 0.4) is 0 Å². The molecular formula is C22H25BrN4O4. The topological polar surface area (TPSA) is 109 Å². The number of rotatable bonds is 8. The van der Waals surface area contributed by atoms with Crippen LogP contribution in [0.2, 0.25) is 0 Å². The summed E-state index contributed by atoms with van der Waals surface area (Å²) < 4.78 is 6.53. The predicted octanol–water partition coefficient (Wildman–Crippen LogP) is 3.00. The van der Waals surface area contributed by atoms with Crippen LogP contribution in [0.1, 0.15) is 25.0 Å². The third-order valence-corrected chi connectivity index (χ3v) is 4.48. The molecule has 0 saturated heterocycles. The van der Waals surface area contributed by atoms with Crippen molar-refractivity contribution < 1.29 is 19.1 Å². The molecule has 3 N–H and O–H groups in total. The lowest BCUT2D eigenvalue weighted by Crippen LogP contribution is -2.39. The molecule has 0 unspecified atom stereocenters. The van der Waals surface area contributed by atoms with E-state index < -0.39 is 11.8 Å². The number of ether oxygens (including phenoxy) is 1. The number of hydrazone groups is 1. The fourth-order valence-corrected chi connectivity index (χ4v) is 2.88. The van der Waals surface area contributed by atoms with Gasteiger partial charge < -0.3 is 15.4 Å². The van der Waals surface area contributed by atoms with Crippen LogP contribution in [0.4, 0.5) is 5.69 Å². The van der Waals surface area contributed by atoms with Crippen LogP contribution >= 0.6 is 15.9 Å². The number of aryl methyl sites for hydroxylation is 1. The highest BCUT2D eigenvalue weighted by Gasteiger charge is 2.12. The van der Waals surface area contributed by atoms with Gasteiger partial charge in [-0.15, -0.1) is 0 Å². The van der Waals surface area contributed by atoms with E-state index in [0.717, 1.165) is 10.0 Å². The molecule has 0 heterocycles. The van der Waals surface area contributed by atoms with Gasteiger partial charge in [-0.2, -0.15) is 5.10 Å². The van der Waals surface area contributed by atoms with Crippen LogP contribution in [0.5, 0.6) is 5.75 Å². The Morgan fingerprint density at radius 1 is 1.13 bits per heavy atom. The van der Waals surface area contributed by atoms with E-state index in [1.54, 1.807) is 30.3 Å². The van der Waals surface area contributed by atoms with Crippen molar-refractivity contribution in [1.82, 2.24) is 10.7 Å². The molecule has 9 heteroatoms. The first-order chi connectivity index (χ1) is 14.8. The number of nitrogens with zero attached hydrogens (tertiary/aromatic N) is 1. The molecule has 31 heavy (non-hydrogen) atoms.